The van der Waals surface area contributed by atoms with Crippen molar-refractivity contribution >= 4 is 11.8 Å². The molecule has 0 bridgehead atoms. The Bertz CT molecular complexity index is 775. The lowest BCUT2D eigenvalue weighted by atomic mass is 9.92. The third-order valence-electron chi connectivity index (χ3n) is 5.22. The van der Waals surface area contributed by atoms with E-state index in [9.17, 15) is 9.59 Å². The number of halogens is 1. The second kappa shape index (κ2) is 9.44. The van der Waals surface area contributed by atoms with Gasteiger partial charge in [0.15, 0.2) is 5.67 Å². The maximum Gasteiger partial charge on any atom is 0.258 e. The van der Waals surface area contributed by atoms with E-state index < -0.39 is 11.6 Å². The number of benzene rings is 1. The Hall–Kier alpha value is -2.76. The molecule has 1 aromatic heterocycles. The van der Waals surface area contributed by atoms with Crippen molar-refractivity contribution in [1.82, 2.24) is 15.2 Å². The Kier molecular flexibility index (Phi) is 6.74. The SMILES string of the molecule is O=C(CCCc1ccccc1)N1CCC(F)(C(=O)NCc2ccncc2)CC1. The lowest BCUT2D eigenvalue weighted by Crippen LogP contribution is -2.52. The molecule has 1 N–H and O–H groups in total. The summed E-state index contributed by atoms with van der Waals surface area (Å²) in [4.78, 5) is 30.3. The molecule has 28 heavy (non-hydrogen) atoms. The number of likely N-dealkylation sites (tertiary alicyclic amines) is 1. The van der Waals surface area contributed by atoms with Crippen LogP contribution in [0.5, 0.6) is 0 Å². The minimum atomic E-state index is -1.91. The van der Waals surface area contributed by atoms with Crippen LogP contribution >= 0.6 is 0 Å². The van der Waals surface area contributed by atoms with Crippen molar-refractivity contribution in [3.8, 4) is 0 Å². The predicted molar refractivity (Wildman–Crippen MR) is 105 cm³/mol. The monoisotopic (exact) mass is 383 g/mol. The van der Waals surface area contributed by atoms with Crippen LogP contribution in [0.15, 0.2) is 54.9 Å². The molecule has 2 amide bonds. The van der Waals surface area contributed by atoms with E-state index >= 15 is 4.39 Å². The number of hydrogen-bond donors (Lipinski definition) is 1. The highest BCUT2D eigenvalue weighted by Gasteiger charge is 2.42. The summed E-state index contributed by atoms with van der Waals surface area (Å²) in [6.45, 7) is 0.835. The highest BCUT2D eigenvalue weighted by Crippen LogP contribution is 2.27. The Morgan fingerprint density at radius 1 is 1.04 bits per heavy atom. The molecule has 0 aliphatic carbocycles. The van der Waals surface area contributed by atoms with Crippen LogP contribution in [0.3, 0.4) is 0 Å². The van der Waals surface area contributed by atoms with Gasteiger partial charge in [-0.15, -0.1) is 0 Å². The zero-order valence-corrected chi connectivity index (χ0v) is 15.9. The summed E-state index contributed by atoms with van der Waals surface area (Å²) >= 11 is 0. The van der Waals surface area contributed by atoms with Crippen LogP contribution in [0.2, 0.25) is 0 Å². The summed E-state index contributed by atoms with van der Waals surface area (Å²) in [6, 6.07) is 13.6. The Balaban J connectivity index is 1.41. The summed E-state index contributed by atoms with van der Waals surface area (Å²) in [5, 5.41) is 2.66. The Labute approximate surface area is 165 Å². The average molecular weight is 383 g/mol. The largest absolute Gasteiger partial charge is 0.349 e. The molecule has 6 heteroatoms. The number of piperidine rings is 1. The number of aryl methyl sites for hydroxylation is 1. The second-order valence-corrected chi connectivity index (χ2v) is 7.22. The standard InChI is InChI=1S/C22H26FN3O2/c23-22(21(28)25-17-19-9-13-24-14-10-19)11-15-26(16-12-22)20(27)8-4-7-18-5-2-1-3-6-18/h1-3,5-6,9-10,13-14H,4,7-8,11-12,15-17H2,(H,25,28). The maximum absolute atomic E-state index is 15.0. The van der Waals surface area contributed by atoms with E-state index in [2.05, 4.69) is 10.3 Å². The quantitative estimate of drug-likeness (QED) is 0.799. The van der Waals surface area contributed by atoms with Gasteiger partial charge in [-0.3, -0.25) is 14.6 Å². The average Bonchev–Trinajstić information content (AvgIpc) is 2.74. The van der Waals surface area contributed by atoms with Crippen molar-refractivity contribution < 1.29 is 14.0 Å². The molecule has 0 unspecified atom stereocenters. The van der Waals surface area contributed by atoms with Gasteiger partial charge in [-0.1, -0.05) is 30.3 Å². The van der Waals surface area contributed by atoms with Crippen molar-refractivity contribution in [2.75, 3.05) is 13.1 Å². The van der Waals surface area contributed by atoms with Crippen molar-refractivity contribution in [3.63, 3.8) is 0 Å². The molecule has 1 aromatic carbocycles. The number of rotatable bonds is 7. The summed E-state index contributed by atoms with van der Waals surface area (Å²) in [5.41, 5.74) is 0.175. The van der Waals surface area contributed by atoms with Gasteiger partial charge < -0.3 is 10.2 Å². The molecule has 0 radical (unpaired) electrons. The molecule has 1 aliphatic heterocycles. The van der Waals surface area contributed by atoms with Crippen molar-refractivity contribution in [3.05, 3.63) is 66.0 Å². The predicted octanol–water partition coefficient (Wildman–Crippen LogP) is 3.05. The van der Waals surface area contributed by atoms with Gasteiger partial charge in [0.05, 0.1) is 0 Å². The Morgan fingerprint density at radius 3 is 2.39 bits per heavy atom. The lowest BCUT2D eigenvalue weighted by molar-refractivity contribution is -0.142. The van der Waals surface area contributed by atoms with E-state index in [4.69, 9.17) is 0 Å². The number of nitrogens with one attached hydrogen (secondary N) is 1. The van der Waals surface area contributed by atoms with E-state index in [1.54, 1.807) is 29.4 Å². The van der Waals surface area contributed by atoms with Gasteiger partial charge in [0.2, 0.25) is 5.91 Å². The number of carbonyl (C=O) groups is 2. The molecule has 1 saturated heterocycles. The van der Waals surface area contributed by atoms with Gasteiger partial charge in [-0.2, -0.15) is 0 Å². The molecule has 0 spiro atoms. The van der Waals surface area contributed by atoms with Crippen LogP contribution < -0.4 is 5.32 Å². The van der Waals surface area contributed by atoms with E-state index in [1.807, 2.05) is 30.3 Å². The first kappa shape index (κ1) is 20.0. The summed E-state index contributed by atoms with van der Waals surface area (Å²) in [5.74, 6) is -0.560. The fourth-order valence-electron chi connectivity index (χ4n) is 3.43. The highest BCUT2D eigenvalue weighted by molar-refractivity contribution is 5.85. The number of nitrogens with zero attached hydrogens (tertiary/aromatic N) is 2. The van der Waals surface area contributed by atoms with Gasteiger partial charge in [-0.05, 0) is 36.1 Å². The summed E-state index contributed by atoms with van der Waals surface area (Å²) < 4.78 is 15.0. The zero-order valence-electron chi connectivity index (χ0n) is 15.9. The summed E-state index contributed by atoms with van der Waals surface area (Å²) in [6.07, 6.45) is 5.42. The van der Waals surface area contributed by atoms with Crippen LogP contribution in [-0.4, -0.2) is 40.5 Å². The second-order valence-electron chi connectivity index (χ2n) is 7.22. The third-order valence-corrected chi connectivity index (χ3v) is 5.22. The first-order valence-electron chi connectivity index (χ1n) is 9.75. The molecule has 2 aromatic rings. The van der Waals surface area contributed by atoms with Crippen LogP contribution in [0.1, 0.15) is 36.8 Å². The van der Waals surface area contributed by atoms with Crippen LogP contribution in [0.4, 0.5) is 4.39 Å². The molecule has 2 heterocycles. The smallest absolute Gasteiger partial charge is 0.258 e. The third kappa shape index (κ3) is 5.38. The van der Waals surface area contributed by atoms with Gasteiger partial charge in [0.25, 0.3) is 5.91 Å². The van der Waals surface area contributed by atoms with Crippen LogP contribution in [0, 0.1) is 0 Å². The fraction of sp³-hybridized carbons (Fsp3) is 0.409. The number of carbonyl (C=O) groups excluding carboxylic acids is 2. The highest BCUT2D eigenvalue weighted by atomic mass is 19.1. The zero-order chi connectivity index (χ0) is 19.8. The Morgan fingerprint density at radius 2 is 1.71 bits per heavy atom. The number of aromatic nitrogens is 1. The molecule has 0 saturated carbocycles. The van der Waals surface area contributed by atoms with Crippen molar-refractivity contribution in [2.45, 2.75) is 44.3 Å². The molecule has 0 atom stereocenters. The van der Waals surface area contributed by atoms with Crippen LogP contribution in [0.25, 0.3) is 0 Å². The van der Waals surface area contributed by atoms with E-state index in [0.717, 1.165) is 18.4 Å². The van der Waals surface area contributed by atoms with E-state index in [0.29, 0.717) is 6.42 Å². The van der Waals surface area contributed by atoms with Gasteiger partial charge in [-0.25, -0.2) is 4.39 Å². The molecule has 1 fully saturated rings. The van der Waals surface area contributed by atoms with Gasteiger partial charge in [0, 0.05) is 51.3 Å². The van der Waals surface area contributed by atoms with E-state index in [-0.39, 0.29) is 38.4 Å². The molecule has 1 aliphatic rings. The van der Waals surface area contributed by atoms with Crippen molar-refractivity contribution in [2.24, 2.45) is 0 Å². The number of amides is 2. The van der Waals surface area contributed by atoms with Crippen LogP contribution in [-0.2, 0) is 22.6 Å². The lowest BCUT2D eigenvalue weighted by Gasteiger charge is -2.35. The van der Waals surface area contributed by atoms with Gasteiger partial charge in [0.1, 0.15) is 0 Å². The first-order valence-corrected chi connectivity index (χ1v) is 9.75. The van der Waals surface area contributed by atoms with Crippen molar-refractivity contribution in [1.29, 1.82) is 0 Å². The minimum Gasteiger partial charge on any atom is -0.349 e. The molecule has 148 valence electrons. The maximum atomic E-state index is 15.0. The number of pyridine rings is 1. The van der Waals surface area contributed by atoms with Gasteiger partial charge >= 0.3 is 0 Å². The van der Waals surface area contributed by atoms with E-state index in [1.165, 1.54) is 5.56 Å². The number of hydrogen-bond acceptors (Lipinski definition) is 3. The number of alkyl halides is 1. The fourth-order valence-corrected chi connectivity index (χ4v) is 3.43. The molecular formula is C22H26FN3O2. The summed E-state index contributed by atoms with van der Waals surface area (Å²) in [7, 11) is 0. The molecular weight excluding hydrogens is 357 g/mol. The molecule has 5 nitrogen and oxygen atoms in total. The molecule has 3 rings (SSSR count). The topological polar surface area (TPSA) is 62.3 Å². The normalized spacial score (nSPS) is 15.8. The minimum absolute atomic E-state index is 0.0372. The first-order chi connectivity index (χ1) is 13.6.